The molecule has 0 aromatic carbocycles. The number of likely N-dealkylation sites (N-methyl/N-ethyl adjacent to an activating group) is 1. The van der Waals surface area contributed by atoms with Crippen LogP contribution in [0.5, 0.6) is 0 Å². The van der Waals surface area contributed by atoms with Crippen molar-refractivity contribution < 1.29 is 19.1 Å². The van der Waals surface area contributed by atoms with Crippen molar-refractivity contribution in [3.63, 3.8) is 0 Å². The van der Waals surface area contributed by atoms with Crippen molar-refractivity contribution in [2.45, 2.75) is 226 Å². The average Bonchev–Trinajstić information content (AvgIpc) is 3.17. The summed E-state index contributed by atoms with van der Waals surface area (Å²) in [6.45, 7) is 10.9. The van der Waals surface area contributed by atoms with Crippen LogP contribution in [-0.2, 0) is 19.1 Å². The van der Waals surface area contributed by atoms with E-state index < -0.39 is 6.04 Å². The molecule has 0 aliphatic rings. The first kappa shape index (κ1) is 53.7. The predicted molar refractivity (Wildman–Crippen MR) is 240 cm³/mol. The van der Waals surface area contributed by atoms with Crippen LogP contribution < -0.4 is 10.6 Å². The van der Waals surface area contributed by atoms with E-state index in [0.29, 0.717) is 43.4 Å². The molecule has 8 heteroatoms. The maximum Gasteiger partial charge on any atom is 0.306 e. The molecule has 0 aliphatic carbocycles. The summed E-state index contributed by atoms with van der Waals surface area (Å²) in [6, 6.07) is -0.560. The van der Waals surface area contributed by atoms with Crippen molar-refractivity contribution in [2.75, 3.05) is 45.3 Å². The number of ether oxygens (including phenoxy) is 1. The largest absolute Gasteiger partial charge is 0.465 e. The highest BCUT2D eigenvalue weighted by Crippen LogP contribution is 2.22. The SMILES string of the molecule is CCCCCCCCCCC(CCCCCCCC)C(=O)NC(CCSCCC(=O)OCC(CCCCCC)CCCCCCCC)C(=O)NCCN(C)C. The van der Waals surface area contributed by atoms with Crippen molar-refractivity contribution in [1.82, 2.24) is 15.5 Å². The van der Waals surface area contributed by atoms with Crippen LogP contribution in [-0.4, -0.2) is 74.0 Å². The van der Waals surface area contributed by atoms with E-state index in [1.165, 1.54) is 141 Å². The smallest absolute Gasteiger partial charge is 0.306 e. The quantitative estimate of drug-likeness (QED) is 0.0473. The highest BCUT2D eigenvalue weighted by Gasteiger charge is 2.25. The zero-order valence-electron chi connectivity index (χ0n) is 37.5. The summed E-state index contributed by atoms with van der Waals surface area (Å²) in [4.78, 5) is 42.0. The maximum atomic E-state index is 13.8. The number of carbonyl (C=O) groups is 3. The number of esters is 1. The number of hydrogen-bond donors (Lipinski definition) is 2. The first-order chi connectivity index (χ1) is 26.8. The second kappa shape index (κ2) is 40.9. The normalized spacial score (nSPS) is 13.1. The van der Waals surface area contributed by atoms with Crippen molar-refractivity contribution in [2.24, 2.45) is 11.8 Å². The first-order valence-electron chi connectivity index (χ1n) is 23.7. The molecule has 0 fully saturated rings. The highest BCUT2D eigenvalue weighted by atomic mass is 32.2. The lowest BCUT2D eigenvalue weighted by Crippen LogP contribution is -2.49. The number of nitrogens with one attached hydrogen (secondary N) is 2. The van der Waals surface area contributed by atoms with Crippen LogP contribution >= 0.6 is 11.8 Å². The fourth-order valence-corrected chi connectivity index (χ4v) is 8.23. The third-order valence-electron chi connectivity index (χ3n) is 11.1. The Kier molecular flexibility index (Phi) is 39.9. The Morgan fingerprint density at radius 1 is 0.545 bits per heavy atom. The number of nitrogens with zero attached hydrogens (tertiary/aromatic N) is 1. The van der Waals surface area contributed by atoms with Gasteiger partial charge in [-0.15, -0.1) is 0 Å². The van der Waals surface area contributed by atoms with E-state index in [-0.39, 0.29) is 23.7 Å². The summed E-state index contributed by atoms with van der Waals surface area (Å²) in [5, 5.41) is 6.28. The molecule has 2 amide bonds. The van der Waals surface area contributed by atoms with Gasteiger partial charge in [-0.1, -0.05) is 182 Å². The number of amides is 2. The summed E-state index contributed by atoms with van der Waals surface area (Å²) >= 11 is 1.68. The molecule has 0 heterocycles. The van der Waals surface area contributed by atoms with Crippen LogP contribution in [0.2, 0.25) is 0 Å². The zero-order chi connectivity index (χ0) is 40.6. The molecule has 0 bridgehead atoms. The lowest BCUT2D eigenvalue weighted by molar-refractivity contribution is -0.144. The van der Waals surface area contributed by atoms with Gasteiger partial charge in [-0.25, -0.2) is 0 Å². The van der Waals surface area contributed by atoms with Crippen LogP contribution in [0, 0.1) is 11.8 Å². The number of hydrogen-bond acceptors (Lipinski definition) is 6. The lowest BCUT2D eigenvalue weighted by atomic mass is 9.93. The molecule has 55 heavy (non-hydrogen) atoms. The van der Waals surface area contributed by atoms with E-state index in [9.17, 15) is 14.4 Å². The molecule has 0 saturated heterocycles. The van der Waals surface area contributed by atoms with Crippen LogP contribution in [0.15, 0.2) is 0 Å². The Morgan fingerprint density at radius 3 is 1.45 bits per heavy atom. The second-order valence-corrected chi connectivity index (χ2v) is 18.0. The predicted octanol–water partition coefficient (Wildman–Crippen LogP) is 12.4. The second-order valence-electron chi connectivity index (χ2n) is 16.8. The molecule has 3 unspecified atom stereocenters. The number of unbranched alkanes of at least 4 members (excludes halogenated alkanes) is 20. The standard InChI is InChI=1S/C47H93N3O4S/c1-7-11-15-19-22-23-26-30-34-43(33-29-25-21-17-13-9-3)46(52)49-44(47(53)48-37-38-50(5)6)35-39-55-40-36-45(51)54-41-42(31-27-18-14-10-4)32-28-24-20-16-12-8-2/h42-44H,7-41H2,1-6H3,(H,48,53)(H,49,52). The molecular weight excluding hydrogens is 703 g/mol. The molecule has 2 N–H and O–H groups in total. The van der Waals surface area contributed by atoms with Crippen LogP contribution in [0.4, 0.5) is 0 Å². The molecule has 7 nitrogen and oxygen atoms in total. The van der Waals surface area contributed by atoms with Gasteiger partial charge in [0.15, 0.2) is 0 Å². The molecule has 0 saturated carbocycles. The Hall–Kier alpha value is -1.28. The van der Waals surface area contributed by atoms with Crippen LogP contribution in [0.25, 0.3) is 0 Å². The number of rotatable bonds is 42. The Balaban J connectivity index is 5.07. The Labute approximate surface area is 346 Å². The van der Waals surface area contributed by atoms with Crippen molar-refractivity contribution in [1.29, 1.82) is 0 Å². The van der Waals surface area contributed by atoms with Gasteiger partial charge in [0.25, 0.3) is 0 Å². The average molecular weight is 796 g/mol. The fourth-order valence-electron chi connectivity index (χ4n) is 7.31. The van der Waals surface area contributed by atoms with Crippen molar-refractivity contribution >= 4 is 29.5 Å². The monoisotopic (exact) mass is 796 g/mol. The van der Waals surface area contributed by atoms with Gasteiger partial charge in [-0.05, 0) is 57.9 Å². The first-order valence-corrected chi connectivity index (χ1v) is 24.9. The molecule has 3 atom stereocenters. The van der Waals surface area contributed by atoms with Gasteiger partial charge >= 0.3 is 5.97 Å². The molecule has 0 aromatic rings. The van der Waals surface area contributed by atoms with Gasteiger partial charge in [0.2, 0.25) is 11.8 Å². The number of thioether (sulfide) groups is 1. The van der Waals surface area contributed by atoms with E-state index in [1.807, 2.05) is 19.0 Å². The molecule has 0 aromatic heterocycles. The zero-order valence-corrected chi connectivity index (χ0v) is 38.3. The van der Waals surface area contributed by atoms with E-state index in [0.717, 1.165) is 45.1 Å². The minimum Gasteiger partial charge on any atom is -0.465 e. The van der Waals surface area contributed by atoms with Gasteiger partial charge < -0.3 is 20.3 Å². The Morgan fingerprint density at radius 2 is 0.982 bits per heavy atom. The maximum absolute atomic E-state index is 13.8. The topological polar surface area (TPSA) is 87.7 Å². The molecule has 326 valence electrons. The Bertz CT molecular complexity index is 873. The van der Waals surface area contributed by atoms with Gasteiger partial charge in [0.1, 0.15) is 6.04 Å². The summed E-state index contributed by atoms with van der Waals surface area (Å²) < 4.78 is 5.82. The summed E-state index contributed by atoms with van der Waals surface area (Å²) in [6.07, 6.45) is 35.1. The molecule has 0 radical (unpaired) electrons. The molecule has 0 aliphatic heterocycles. The van der Waals surface area contributed by atoms with E-state index in [1.54, 1.807) is 11.8 Å². The fraction of sp³-hybridized carbons (Fsp3) is 0.936. The van der Waals surface area contributed by atoms with Crippen molar-refractivity contribution in [3.8, 4) is 0 Å². The minimum atomic E-state index is -0.560. The van der Waals surface area contributed by atoms with Crippen molar-refractivity contribution in [3.05, 3.63) is 0 Å². The summed E-state index contributed by atoms with van der Waals surface area (Å²) in [7, 11) is 3.99. The van der Waals surface area contributed by atoms with Crippen LogP contribution in [0.3, 0.4) is 0 Å². The molecular formula is C47H93N3O4S. The van der Waals surface area contributed by atoms with Crippen LogP contribution in [0.1, 0.15) is 220 Å². The summed E-state index contributed by atoms with van der Waals surface area (Å²) in [5.74, 6) is 1.63. The number of carbonyl (C=O) groups excluding carboxylic acids is 3. The van der Waals surface area contributed by atoms with Gasteiger partial charge in [0, 0.05) is 24.8 Å². The molecule has 0 rings (SSSR count). The summed E-state index contributed by atoms with van der Waals surface area (Å²) in [5.41, 5.74) is 0. The van der Waals surface area contributed by atoms with E-state index >= 15 is 0 Å². The molecule has 0 spiro atoms. The van der Waals surface area contributed by atoms with Gasteiger partial charge in [-0.3, -0.25) is 14.4 Å². The van der Waals surface area contributed by atoms with Gasteiger partial charge in [-0.2, -0.15) is 11.8 Å². The lowest BCUT2D eigenvalue weighted by Gasteiger charge is -2.23. The third kappa shape index (κ3) is 35.6. The highest BCUT2D eigenvalue weighted by molar-refractivity contribution is 7.99. The minimum absolute atomic E-state index is 0.0395. The third-order valence-corrected chi connectivity index (χ3v) is 12.1. The van der Waals surface area contributed by atoms with E-state index in [4.69, 9.17) is 4.74 Å². The van der Waals surface area contributed by atoms with Gasteiger partial charge in [0.05, 0.1) is 13.0 Å². The van der Waals surface area contributed by atoms with E-state index in [2.05, 4.69) is 38.3 Å².